The molecule has 6 rings (SSSR count). The quantitative estimate of drug-likeness (QED) is 0.111. The molecule has 84 heavy (non-hydrogen) atoms. The Morgan fingerprint density at radius 1 is 0.905 bits per heavy atom. The first-order valence-corrected chi connectivity index (χ1v) is 30.1. The molecule has 3 fully saturated rings. The zero-order valence-corrected chi connectivity index (χ0v) is 51.6. The normalized spacial score (nSPS) is 35.4. The minimum absolute atomic E-state index is 0.00494. The number of nitrogens with zero attached hydrogens (tertiary/aromatic N) is 4. The van der Waals surface area contributed by atoms with Gasteiger partial charge in [-0.15, -0.1) is 0 Å². The average molecular weight is 1210 g/mol. The molecule has 0 bridgehead atoms. The van der Waals surface area contributed by atoms with Crippen molar-refractivity contribution in [3.05, 3.63) is 65.9 Å². The van der Waals surface area contributed by atoms with Crippen molar-refractivity contribution >= 4 is 27.9 Å². The Morgan fingerprint density at radius 3 is 2.12 bits per heavy atom. The van der Waals surface area contributed by atoms with Gasteiger partial charge in [0.1, 0.15) is 23.9 Å². The van der Waals surface area contributed by atoms with Crippen LogP contribution >= 0.6 is 0 Å². The van der Waals surface area contributed by atoms with Crippen LogP contribution in [0.15, 0.2) is 59.5 Å². The van der Waals surface area contributed by atoms with Crippen LogP contribution < -0.4 is 4.72 Å². The number of aryl methyl sites for hydroxylation is 1. The molecule has 3 saturated heterocycles. The third-order valence-electron chi connectivity index (χ3n) is 17.0. The SMILES string of the molecule is CC[C@H]1OC(=O)[C@H](C)[C@@H](O[C@H]2C[C@@](C)(OC)[C@@H](O)[C@H](C)O2)[C@H](C)[C@@H](O[C@@H]2O[C@H](C)C[C@H](N(C)C)[C@H]2OC(=O)CCC(=O)NS(=O)(=O)c2ccc(-n3nc(C(F)(F)F)cc3-c3ccc(C)cc3)cc2)[C@](C)(O)C[C@@H](C)CN(C)[C@H](C)[C@@H](O)[C@]1(C)O. The molecule has 0 saturated carbocycles. The number of benzene rings is 2. The van der Waals surface area contributed by atoms with E-state index in [-0.39, 0.29) is 36.6 Å². The van der Waals surface area contributed by atoms with Crippen LogP contribution in [-0.4, -0.2) is 191 Å². The fraction of sp³-hybridized carbons (Fsp3) is 0.695. The molecular formula is C59H88F3N5O16S. The van der Waals surface area contributed by atoms with Crippen molar-refractivity contribution in [2.24, 2.45) is 17.8 Å². The maximum atomic E-state index is 14.6. The molecule has 21 nitrogen and oxygen atoms in total. The number of aromatic nitrogens is 2. The average Bonchev–Trinajstić information content (AvgIpc) is 4.10. The highest BCUT2D eigenvalue weighted by molar-refractivity contribution is 7.90. The fourth-order valence-electron chi connectivity index (χ4n) is 11.9. The summed E-state index contributed by atoms with van der Waals surface area (Å²) < 4.78 is 116. The topological polar surface area (TPSA) is 267 Å². The summed E-state index contributed by atoms with van der Waals surface area (Å²) in [5.74, 6) is -5.31. The minimum atomic E-state index is -4.77. The molecular weight excluding hydrogens is 1120 g/mol. The van der Waals surface area contributed by atoms with Crippen LogP contribution in [0.3, 0.4) is 0 Å². The summed E-state index contributed by atoms with van der Waals surface area (Å²) in [6, 6.07) is 11.1. The largest absolute Gasteiger partial charge is 0.459 e. The van der Waals surface area contributed by atoms with Gasteiger partial charge >= 0.3 is 18.1 Å². The van der Waals surface area contributed by atoms with E-state index in [1.165, 1.54) is 26.2 Å². The number of rotatable bonds is 15. The molecule has 25 heteroatoms. The van der Waals surface area contributed by atoms with Gasteiger partial charge in [-0.2, -0.15) is 18.3 Å². The number of alkyl halides is 3. The van der Waals surface area contributed by atoms with Crippen LogP contribution in [0.5, 0.6) is 0 Å². The van der Waals surface area contributed by atoms with Gasteiger partial charge in [0.15, 0.2) is 24.4 Å². The molecule has 3 aliphatic rings. The van der Waals surface area contributed by atoms with E-state index in [4.69, 9.17) is 33.2 Å². The number of hydrogen-bond donors (Lipinski definition) is 5. The van der Waals surface area contributed by atoms with E-state index >= 15 is 0 Å². The molecule has 0 unspecified atom stereocenters. The standard InChI is InChI=1S/C59H88F3N5O16S/c1-16-45-58(11,74)51(70)37(7)66(14)31-33(3)29-56(9,73)53(35(5)49(36(6)54(72)80-45)82-48-30-57(10,77-15)52(71)38(8)79-48)83-55-50(43(65(12)13)27-34(4)78-55)81-47(69)26-25-46(68)64-84(75,76)41-23-21-40(22-24-41)67-42(28-44(63-67)59(60,61)62)39-19-17-32(2)18-20-39/h17-24,28,33-38,43,45,48-53,55,70-71,73-74H,16,25-27,29-31H2,1-15H3,(H,64,68)/t33-,34-,35+,36-,37-,38+,43+,45-,48+,49+,50-,51-,52+,53-,55+,56-,57-,58-/m1/s1. The van der Waals surface area contributed by atoms with E-state index in [1.807, 2.05) is 23.5 Å². The van der Waals surface area contributed by atoms with E-state index in [9.17, 15) is 56.4 Å². The second-order valence-corrected chi connectivity index (χ2v) is 26.0. The number of ether oxygens (including phenoxy) is 7. The third kappa shape index (κ3) is 15.9. The second-order valence-electron chi connectivity index (χ2n) is 24.3. The monoisotopic (exact) mass is 1210 g/mol. The van der Waals surface area contributed by atoms with Crippen molar-refractivity contribution in [2.75, 3.05) is 34.8 Å². The zero-order valence-electron chi connectivity index (χ0n) is 50.8. The number of carbonyl (C=O) groups is 3. The van der Waals surface area contributed by atoms with Crippen molar-refractivity contribution in [1.82, 2.24) is 24.3 Å². The van der Waals surface area contributed by atoms with Crippen LogP contribution in [0.1, 0.15) is 119 Å². The summed E-state index contributed by atoms with van der Waals surface area (Å²) in [4.78, 5) is 45.2. The van der Waals surface area contributed by atoms with Crippen molar-refractivity contribution in [2.45, 2.75) is 216 Å². The predicted octanol–water partition coefficient (Wildman–Crippen LogP) is 5.92. The number of likely N-dealkylation sites (N-methyl/N-ethyl adjacent to an activating group) is 2. The first-order valence-electron chi connectivity index (χ1n) is 28.6. The van der Waals surface area contributed by atoms with Crippen LogP contribution in [0.4, 0.5) is 13.2 Å². The number of aliphatic hydroxyl groups excluding tert-OH is 2. The van der Waals surface area contributed by atoms with Crippen molar-refractivity contribution in [1.29, 1.82) is 0 Å². The number of carbonyl (C=O) groups excluding carboxylic acids is 3. The summed E-state index contributed by atoms with van der Waals surface area (Å²) in [7, 11) is 2.16. The highest BCUT2D eigenvalue weighted by Gasteiger charge is 2.53. The Bertz CT molecular complexity index is 2820. The molecule has 0 radical (unpaired) electrons. The highest BCUT2D eigenvalue weighted by Crippen LogP contribution is 2.41. The molecule has 5 N–H and O–H groups in total. The summed E-state index contributed by atoms with van der Waals surface area (Å²) >= 11 is 0. The third-order valence-corrected chi connectivity index (χ3v) is 18.4. The van der Waals surface area contributed by atoms with Crippen molar-refractivity contribution < 1.29 is 89.6 Å². The van der Waals surface area contributed by atoms with Crippen LogP contribution in [-0.2, 0) is 63.7 Å². The smallest absolute Gasteiger partial charge is 0.435 e. The number of aliphatic hydroxyl groups is 4. The van der Waals surface area contributed by atoms with Gasteiger partial charge in [-0.1, -0.05) is 50.6 Å². The van der Waals surface area contributed by atoms with E-state index in [2.05, 4.69) is 5.10 Å². The molecule has 3 aliphatic heterocycles. The van der Waals surface area contributed by atoms with E-state index in [1.54, 1.807) is 106 Å². The molecule has 2 aromatic carbocycles. The van der Waals surface area contributed by atoms with Crippen molar-refractivity contribution in [3.8, 4) is 16.9 Å². The summed E-state index contributed by atoms with van der Waals surface area (Å²) in [6.45, 7) is 18.9. The van der Waals surface area contributed by atoms with Crippen LogP contribution in [0.2, 0.25) is 0 Å². The van der Waals surface area contributed by atoms with Crippen LogP contribution in [0, 0.1) is 24.7 Å². The lowest BCUT2D eigenvalue weighted by Crippen LogP contribution is -2.61. The van der Waals surface area contributed by atoms with E-state index in [0.29, 0.717) is 18.5 Å². The molecule has 1 amide bonds. The Labute approximate surface area is 491 Å². The number of nitrogens with one attached hydrogen (secondary N) is 1. The van der Waals surface area contributed by atoms with Gasteiger partial charge in [0, 0.05) is 44.0 Å². The summed E-state index contributed by atoms with van der Waals surface area (Å²) in [5.41, 5.74) is -4.53. The van der Waals surface area contributed by atoms with Gasteiger partial charge in [0.05, 0.1) is 70.3 Å². The lowest BCUT2D eigenvalue weighted by Gasteiger charge is -2.49. The lowest BCUT2D eigenvalue weighted by molar-refractivity contribution is -0.319. The predicted molar refractivity (Wildman–Crippen MR) is 301 cm³/mol. The number of hydrogen-bond acceptors (Lipinski definition) is 19. The number of amides is 1. The lowest BCUT2D eigenvalue weighted by atomic mass is 9.77. The van der Waals surface area contributed by atoms with Gasteiger partial charge in [0.25, 0.3) is 10.0 Å². The van der Waals surface area contributed by atoms with Gasteiger partial charge in [-0.05, 0) is 132 Å². The molecule has 18 atom stereocenters. The van der Waals surface area contributed by atoms with Crippen LogP contribution in [0.25, 0.3) is 16.9 Å². The number of cyclic esters (lactones) is 1. The number of esters is 2. The Morgan fingerprint density at radius 2 is 1.54 bits per heavy atom. The maximum absolute atomic E-state index is 14.6. The number of methoxy groups -OCH3 is 1. The Hall–Kier alpha value is -4.64. The van der Waals surface area contributed by atoms with Gasteiger partial charge in [-0.3, -0.25) is 14.4 Å². The molecule has 3 aromatic rings. The van der Waals surface area contributed by atoms with Gasteiger partial charge in [-0.25, -0.2) is 17.8 Å². The Kier molecular flexibility index (Phi) is 22.2. The second kappa shape index (κ2) is 27.2. The fourth-order valence-corrected chi connectivity index (χ4v) is 13.0. The molecule has 0 aliphatic carbocycles. The van der Waals surface area contributed by atoms with E-state index < -0.39 is 160 Å². The molecule has 472 valence electrons. The maximum Gasteiger partial charge on any atom is 0.435 e. The minimum Gasteiger partial charge on any atom is -0.459 e. The first kappa shape index (κ1) is 68.5. The Balaban J connectivity index is 1.27. The van der Waals surface area contributed by atoms with Gasteiger partial charge < -0.3 is 63.4 Å². The summed E-state index contributed by atoms with van der Waals surface area (Å²) in [5, 5.41) is 51.5. The van der Waals surface area contributed by atoms with E-state index in [0.717, 1.165) is 28.4 Å². The number of halogens is 3. The molecule has 4 heterocycles. The summed E-state index contributed by atoms with van der Waals surface area (Å²) in [6.07, 6.45) is -16.8. The van der Waals surface area contributed by atoms with Crippen molar-refractivity contribution in [3.63, 3.8) is 0 Å². The number of sulfonamides is 1. The molecule has 0 spiro atoms. The first-order chi connectivity index (χ1) is 38.9. The zero-order chi connectivity index (χ0) is 62.8. The van der Waals surface area contributed by atoms with Gasteiger partial charge in [0.2, 0.25) is 5.91 Å². The highest BCUT2D eigenvalue weighted by atomic mass is 32.2. The molecule has 1 aromatic heterocycles.